The molecule has 4 fully saturated rings. The Balaban J connectivity index is 0.000000173. The molecule has 4 aliphatic heterocycles. The number of thiazole rings is 1. The molecule has 0 spiro atoms. The Labute approximate surface area is 793 Å². The number of nitrogens with one attached hydrogen (secondary N) is 4. The van der Waals surface area contributed by atoms with Gasteiger partial charge in [0.05, 0.1) is 27.0 Å². The van der Waals surface area contributed by atoms with Crippen LogP contribution >= 0.6 is 11.3 Å². The van der Waals surface area contributed by atoms with Crippen molar-refractivity contribution in [3.8, 4) is 11.5 Å². The van der Waals surface area contributed by atoms with E-state index in [1.807, 2.05) is 150 Å². The third-order valence-corrected chi connectivity index (χ3v) is 28.6. The molecule has 0 bridgehead atoms. The van der Waals surface area contributed by atoms with Gasteiger partial charge in [-0.2, -0.15) is 26.3 Å². The van der Waals surface area contributed by atoms with E-state index in [1.54, 1.807) is 51.5 Å². The molecule has 20 nitrogen and oxygen atoms in total. The van der Waals surface area contributed by atoms with Crippen LogP contribution in [-0.4, -0.2) is 177 Å². The molecule has 8 amide bonds. The Morgan fingerprint density at radius 1 is 0.410 bits per heavy atom. The number of halogens is 6. The first kappa shape index (κ1) is 104. The standard InChI is InChI=1S/C31H36F3N3O2.C27H39N3O.C25H32N4OS.C23H28F3N3O3S/c1-3-10-23(2)36-19-17-26(18-20-36)37(22-24-11-6-4-7-12-24)30(38)35-25-15-16-29(28(21-25)31(32,33)34)39-27-13-8-5-9-14-27;1-5-9-22(4)29-18-16-26(17-19-29)30(20-23-10-7-6-8-11-23)27(31)28-25-14-12-24(13-15-25)21(2)3;1-3-7-19(2)28-14-12-22(13-15-28)29(17-20-8-5-4-6-9-20)25(30)27-21-10-11-23-24(16-21)31-18-26-23;1-2-15-33(31,32)28-13-11-21(12-14-28)29(17-18-7-4-3-5-8-18)22(30)27-20-10-6-9-19(16-20)23(24,25)26/h4-9,11-16,21,23,26H,3,10,17-20,22H2,1-2H3,(H,35,38);6-8,10-15,21-22,26H,5,9,16-20H2,1-4H3,(H,28,31);4-6,8-11,16,18-19,22H,3,7,12-15,17H2,1-2H3,(H,27,30);3-10,16,21H,2,11-15,17H2,1H3,(H,27,30). The van der Waals surface area contributed by atoms with Crippen LogP contribution in [0, 0.1) is 0 Å². The predicted molar refractivity (Wildman–Crippen MR) is 529 cm³/mol. The number of urea groups is 4. The van der Waals surface area contributed by atoms with E-state index in [2.05, 4.69) is 133 Å². The van der Waals surface area contributed by atoms with Gasteiger partial charge in [-0.05, 0) is 210 Å². The van der Waals surface area contributed by atoms with Gasteiger partial charge in [-0.3, -0.25) is 0 Å². The SMILES string of the molecule is CCCC(C)N1CCC(N(Cc2ccccc2)C(=O)Nc2ccc(C(C)C)cc2)CC1.CCCC(C)N1CCC(N(Cc2ccccc2)C(=O)Nc2ccc(Oc3ccccc3)c(C(F)(F)F)c2)CC1.CCCC(C)N1CCC(N(Cc2ccccc2)C(=O)Nc2ccc3ncsc3c2)CC1.CCCS(=O)(=O)N1CCC(N(Cc2ccccc2)C(=O)Nc2cccc(C(F)(F)F)c2)CC1. The molecule has 9 aromatic carbocycles. The summed E-state index contributed by atoms with van der Waals surface area (Å²) in [5.74, 6) is 0.552. The van der Waals surface area contributed by atoms with Gasteiger partial charge in [-0.25, -0.2) is 36.9 Å². The van der Waals surface area contributed by atoms with Crippen LogP contribution in [0.4, 0.5) is 68.3 Å². The zero-order valence-electron chi connectivity index (χ0n) is 79.0. The normalized spacial score (nSPS) is 16.0. The number of fused-ring (bicyclic) bond motifs is 1. The molecule has 14 rings (SSSR count). The molecule has 10 aromatic rings. The molecule has 0 radical (unpaired) electrons. The van der Waals surface area contributed by atoms with Crippen LogP contribution in [0.25, 0.3) is 10.2 Å². The van der Waals surface area contributed by atoms with Gasteiger partial charge in [-0.1, -0.05) is 219 Å². The first-order valence-electron chi connectivity index (χ1n) is 47.7. The number of hydrogen-bond acceptors (Lipinski definition) is 12. The van der Waals surface area contributed by atoms with Crippen LogP contribution in [0.1, 0.15) is 203 Å². The van der Waals surface area contributed by atoms with E-state index >= 15 is 0 Å². The topological polar surface area (TPSA) is 199 Å². The van der Waals surface area contributed by atoms with E-state index in [1.165, 1.54) is 65.4 Å². The summed E-state index contributed by atoms with van der Waals surface area (Å²) >= 11 is 1.59. The molecular weight excluding hydrogens is 1750 g/mol. The molecule has 1 aromatic heterocycles. The maximum Gasteiger partial charge on any atom is 0.420 e. The maximum atomic E-state index is 14.0. The van der Waals surface area contributed by atoms with Gasteiger partial charge in [0.2, 0.25) is 10.0 Å². The van der Waals surface area contributed by atoms with Crippen molar-refractivity contribution >= 4 is 78.5 Å². The van der Waals surface area contributed by atoms with Crippen molar-refractivity contribution in [2.45, 2.75) is 245 Å². The Hall–Kier alpha value is -10.9. The average Bonchev–Trinajstić information content (AvgIpc) is 0.931. The van der Waals surface area contributed by atoms with Gasteiger partial charge in [0.25, 0.3) is 0 Å². The summed E-state index contributed by atoms with van der Waals surface area (Å²) in [6.45, 7) is 28.3. The minimum absolute atomic E-state index is 0.00112. The second-order valence-electron chi connectivity index (χ2n) is 35.8. The number of hydrogen-bond donors (Lipinski definition) is 4. The Bertz CT molecular complexity index is 5330. The first-order valence-corrected chi connectivity index (χ1v) is 50.2. The van der Waals surface area contributed by atoms with Crippen molar-refractivity contribution in [2.24, 2.45) is 0 Å². The molecule has 4 saturated heterocycles. The number of anilines is 4. The average molecular weight is 1880 g/mol. The molecule has 720 valence electrons. The van der Waals surface area contributed by atoms with Crippen LogP contribution in [0.2, 0.25) is 0 Å². The number of carbonyl (C=O) groups is 4. The highest BCUT2D eigenvalue weighted by molar-refractivity contribution is 7.89. The van der Waals surface area contributed by atoms with Crippen LogP contribution in [-0.2, 0) is 48.6 Å². The van der Waals surface area contributed by atoms with E-state index in [4.69, 9.17) is 4.74 Å². The van der Waals surface area contributed by atoms with Crippen molar-refractivity contribution in [1.82, 2.24) is 43.6 Å². The number of ether oxygens (including phenoxy) is 1. The molecule has 28 heteroatoms. The van der Waals surface area contributed by atoms with E-state index in [0.29, 0.717) is 81.8 Å². The van der Waals surface area contributed by atoms with Crippen molar-refractivity contribution in [3.05, 3.63) is 281 Å². The third kappa shape index (κ3) is 31.3. The quantitative estimate of drug-likeness (QED) is 0.0302. The maximum absolute atomic E-state index is 14.0. The van der Waals surface area contributed by atoms with Crippen molar-refractivity contribution in [1.29, 1.82) is 0 Å². The minimum atomic E-state index is -4.66. The Morgan fingerprint density at radius 3 is 1.13 bits per heavy atom. The van der Waals surface area contributed by atoms with Gasteiger partial charge in [-0.15, -0.1) is 11.3 Å². The zero-order chi connectivity index (χ0) is 95.7. The molecule has 4 aliphatic rings. The lowest BCUT2D eigenvalue weighted by Gasteiger charge is -2.40. The van der Waals surface area contributed by atoms with E-state index in [0.717, 1.165) is 147 Å². The number of carbonyl (C=O) groups excluding carboxylic acids is 4. The molecule has 4 N–H and O–H groups in total. The summed E-state index contributed by atoms with van der Waals surface area (Å²) in [5, 5.41) is 11.6. The van der Waals surface area contributed by atoms with Crippen LogP contribution in [0.3, 0.4) is 0 Å². The lowest BCUT2D eigenvalue weighted by molar-refractivity contribution is -0.139. The van der Waals surface area contributed by atoms with Gasteiger partial charge in [0.15, 0.2) is 0 Å². The highest BCUT2D eigenvalue weighted by Crippen LogP contribution is 2.41. The Morgan fingerprint density at radius 2 is 0.761 bits per heavy atom. The number of amides is 8. The van der Waals surface area contributed by atoms with Crippen molar-refractivity contribution < 1.29 is 58.7 Å². The summed E-state index contributed by atoms with van der Waals surface area (Å²) in [4.78, 5) is 72.9. The number of benzene rings is 9. The van der Waals surface area contributed by atoms with E-state index in [9.17, 15) is 53.9 Å². The highest BCUT2D eigenvalue weighted by Gasteiger charge is 2.39. The summed E-state index contributed by atoms with van der Waals surface area (Å²) in [6.07, 6.45) is 5.14. The number of nitrogens with zero attached hydrogens (tertiary/aromatic N) is 9. The monoisotopic (exact) mass is 1880 g/mol. The van der Waals surface area contributed by atoms with Gasteiger partial charge in [0, 0.05) is 144 Å². The minimum Gasteiger partial charge on any atom is -0.457 e. The fourth-order valence-electron chi connectivity index (χ4n) is 18.1. The second-order valence-corrected chi connectivity index (χ2v) is 38.8. The number of likely N-dealkylation sites (tertiary alicyclic amines) is 3. The number of piperidine rings is 4. The molecule has 3 atom stereocenters. The number of alkyl halides is 6. The summed E-state index contributed by atoms with van der Waals surface area (Å²) in [5.41, 5.74) is 8.30. The van der Waals surface area contributed by atoms with Gasteiger partial charge >= 0.3 is 36.5 Å². The number of para-hydroxylation sites is 1. The molecule has 0 saturated carbocycles. The number of sulfonamides is 1. The number of rotatable bonds is 31. The smallest absolute Gasteiger partial charge is 0.420 e. The fourth-order valence-corrected chi connectivity index (χ4v) is 20.4. The second kappa shape index (κ2) is 51.2. The summed E-state index contributed by atoms with van der Waals surface area (Å²) in [6, 6.07) is 71.2. The molecule has 3 unspecified atom stereocenters. The lowest BCUT2D eigenvalue weighted by Crippen LogP contribution is -2.50. The lowest BCUT2D eigenvalue weighted by atomic mass is 10.00. The fraction of sp³-hybridized carbons (Fsp3) is 0.443. The Kier molecular flexibility index (Phi) is 39.6. The summed E-state index contributed by atoms with van der Waals surface area (Å²) < 4.78 is 114. The van der Waals surface area contributed by atoms with Crippen molar-refractivity contribution in [2.75, 3.05) is 79.4 Å². The number of aromatic nitrogens is 1. The molecule has 5 heterocycles. The molecular formula is C106H135F6N13O7S2. The van der Waals surface area contributed by atoms with Crippen LogP contribution in [0.5, 0.6) is 11.5 Å². The van der Waals surface area contributed by atoms with E-state index < -0.39 is 45.6 Å². The largest absolute Gasteiger partial charge is 0.457 e. The molecule has 0 aliphatic carbocycles. The molecule has 134 heavy (non-hydrogen) atoms. The van der Waals surface area contributed by atoms with Crippen LogP contribution in [0.15, 0.2) is 242 Å². The van der Waals surface area contributed by atoms with Crippen LogP contribution < -0.4 is 26.0 Å². The third-order valence-electron chi connectivity index (χ3n) is 25.7. The van der Waals surface area contributed by atoms with Crippen molar-refractivity contribution in [3.63, 3.8) is 0 Å². The van der Waals surface area contributed by atoms with Gasteiger partial charge < -0.3 is 60.3 Å². The van der Waals surface area contributed by atoms with Gasteiger partial charge in [0.1, 0.15) is 17.1 Å². The summed E-state index contributed by atoms with van der Waals surface area (Å²) in [7, 11) is -3.32. The van der Waals surface area contributed by atoms with E-state index in [-0.39, 0.29) is 65.7 Å². The first-order chi connectivity index (χ1) is 64.4. The zero-order valence-corrected chi connectivity index (χ0v) is 80.6. The highest BCUT2D eigenvalue weighted by atomic mass is 32.2. The predicted octanol–water partition coefficient (Wildman–Crippen LogP) is 25.6.